The number of rotatable bonds is 6. The summed E-state index contributed by atoms with van der Waals surface area (Å²) in [4.78, 5) is 16.5. The Morgan fingerprint density at radius 1 is 1.43 bits per heavy atom. The minimum Gasteiger partial charge on any atom is -0.351 e. The second-order valence-electron chi connectivity index (χ2n) is 7.08. The van der Waals surface area contributed by atoms with Gasteiger partial charge in [-0.3, -0.25) is 4.79 Å². The van der Waals surface area contributed by atoms with Gasteiger partial charge in [-0.2, -0.15) is 0 Å². The molecule has 2 heterocycles. The van der Waals surface area contributed by atoms with Crippen LogP contribution in [-0.2, 0) is 6.54 Å². The second kappa shape index (κ2) is 6.98. The van der Waals surface area contributed by atoms with E-state index in [0.717, 1.165) is 12.1 Å². The van der Waals surface area contributed by atoms with E-state index in [-0.39, 0.29) is 29.0 Å². The molecule has 0 saturated heterocycles. The fraction of sp³-hybridized carbons (Fsp3) is 0.588. The molecular formula is C17H26N4O2. The average molecular weight is 318 g/mol. The molecule has 0 aliphatic rings. The van der Waals surface area contributed by atoms with Gasteiger partial charge in [-0.25, -0.2) is 4.98 Å². The van der Waals surface area contributed by atoms with E-state index in [1.54, 1.807) is 18.6 Å². The molecule has 0 aromatic carbocycles. The maximum absolute atomic E-state index is 12.5. The summed E-state index contributed by atoms with van der Waals surface area (Å²) in [6.07, 6.45) is 6.33. The summed E-state index contributed by atoms with van der Waals surface area (Å²) in [7, 11) is 0. The molecule has 126 valence electrons. The van der Waals surface area contributed by atoms with Crippen molar-refractivity contribution in [1.82, 2.24) is 20.0 Å². The summed E-state index contributed by atoms with van der Waals surface area (Å²) >= 11 is 0. The van der Waals surface area contributed by atoms with Crippen LogP contribution in [0.1, 0.15) is 63.2 Å². The molecule has 1 N–H and O–H groups in total. The predicted molar refractivity (Wildman–Crippen MR) is 88.1 cm³/mol. The standard InChI is InChI=1S/C17H26N4O2/c1-6-12(2)13-9-14(23-20-13)16(22)19-15(17(3,4)5)10-21-8-7-18-11-21/h7-9,11-12,15H,6,10H2,1-5H3,(H,19,22)/t12-,15-/m0/s1. The van der Waals surface area contributed by atoms with E-state index in [4.69, 9.17) is 4.52 Å². The lowest BCUT2D eigenvalue weighted by atomic mass is 9.86. The number of nitrogens with one attached hydrogen (secondary N) is 1. The van der Waals surface area contributed by atoms with Gasteiger partial charge < -0.3 is 14.4 Å². The van der Waals surface area contributed by atoms with Crippen molar-refractivity contribution >= 4 is 5.91 Å². The van der Waals surface area contributed by atoms with Crippen molar-refractivity contribution in [2.24, 2.45) is 5.41 Å². The highest BCUT2D eigenvalue weighted by atomic mass is 16.5. The second-order valence-corrected chi connectivity index (χ2v) is 7.08. The number of hydrogen-bond acceptors (Lipinski definition) is 4. The molecule has 0 saturated carbocycles. The van der Waals surface area contributed by atoms with Crippen LogP contribution in [0.2, 0.25) is 0 Å². The Labute approximate surface area is 137 Å². The Bertz CT molecular complexity index is 625. The largest absolute Gasteiger partial charge is 0.351 e. The topological polar surface area (TPSA) is 73.0 Å². The van der Waals surface area contributed by atoms with Crippen LogP contribution in [-0.4, -0.2) is 26.7 Å². The molecule has 0 bridgehead atoms. The Morgan fingerprint density at radius 3 is 2.74 bits per heavy atom. The van der Waals surface area contributed by atoms with Crippen molar-refractivity contribution in [2.45, 2.75) is 59.5 Å². The van der Waals surface area contributed by atoms with E-state index in [1.165, 1.54) is 0 Å². The average Bonchev–Trinajstić information content (AvgIpc) is 3.16. The molecule has 2 aromatic heterocycles. The van der Waals surface area contributed by atoms with E-state index in [1.807, 2.05) is 10.8 Å². The van der Waals surface area contributed by atoms with E-state index >= 15 is 0 Å². The van der Waals surface area contributed by atoms with Crippen LogP contribution in [0, 0.1) is 5.41 Å². The molecule has 0 radical (unpaired) electrons. The quantitative estimate of drug-likeness (QED) is 0.887. The summed E-state index contributed by atoms with van der Waals surface area (Å²) < 4.78 is 7.18. The van der Waals surface area contributed by atoms with Gasteiger partial charge in [0, 0.05) is 30.9 Å². The van der Waals surface area contributed by atoms with Crippen LogP contribution < -0.4 is 5.32 Å². The third-order valence-corrected chi connectivity index (χ3v) is 4.17. The summed E-state index contributed by atoms with van der Waals surface area (Å²) in [6, 6.07) is 1.68. The zero-order valence-corrected chi connectivity index (χ0v) is 14.5. The van der Waals surface area contributed by atoms with Crippen molar-refractivity contribution in [1.29, 1.82) is 0 Å². The number of nitrogens with zero attached hydrogens (tertiary/aromatic N) is 3. The van der Waals surface area contributed by atoms with Gasteiger partial charge in [0.05, 0.1) is 18.1 Å². The molecule has 0 aliphatic carbocycles. The Kier molecular flexibility index (Phi) is 5.23. The fourth-order valence-electron chi connectivity index (χ4n) is 2.21. The van der Waals surface area contributed by atoms with Gasteiger partial charge >= 0.3 is 0 Å². The first kappa shape index (κ1) is 17.2. The molecule has 23 heavy (non-hydrogen) atoms. The minimum atomic E-state index is -0.230. The molecule has 2 aromatic rings. The van der Waals surface area contributed by atoms with Crippen LogP contribution in [0.15, 0.2) is 29.3 Å². The first-order valence-corrected chi connectivity index (χ1v) is 8.04. The van der Waals surface area contributed by atoms with Gasteiger partial charge in [-0.15, -0.1) is 0 Å². The molecule has 0 unspecified atom stereocenters. The number of hydrogen-bond donors (Lipinski definition) is 1. The third-order valence-electron chi connectivity index (χ3n) is 4.17. The van der Waals surface area contributed by atoms with Crippen molar-refractivity contribution < 1.29 is 9.32 Å². The molecule has 6 nitrogen and oxygen atoms in total. The number of aromatic nitrogens is 3. The first-order chi connectivity index (χ1) is 10.8. The van der Waals surface area contributed by atoms with E-state index < -0.39 is 0 Å². The van der Waals surface area contributed by atoms with Crippen molar-refractivity contribution in [3.05, 3.63) is 36.2 Å². The zero-order valence-electron chi connectivity index (χ0n) is 14.5. The van der Waals surface area contributed by atoms with Gasteiger partial charge in [-0.1, -0.05) is 39.8 Å². The monoisotopic (exact) mass is 318 g/mol. The number of amides is 1. The van der Waals surface area contributed by atoms with Crippen molar-refractivity contribution in [3.63, 3.8) is 0 Å². The van der Waals surface area contributed by atoms with Crippen LogP contribution in [0.4, 0.5) is 0 Å². The summed E-state index contributed by atoms with van der Waals surface area (Å²) in [5, 5.41) is 7.06. The molecule has 0 aliphatic heterocycles. The highest BCUT2D eigenvalue weighted by Gasteiger charge is 2.28. The molecule has 0 spiro atoms. The van der Waals surface area contributed by atoms with E-state index in [2.05, 4.69) is 50.1 Å². The van der Waals surface area contributed by atoms with Crippen LogP contribution in [0.3, 0.4) is 0 Å². The normalized spacial score (nSPS) is 14.5. The lowest BCUT2D eigenvalue weighted by Crippen LogP contribution is -2.46. The van der Waals surface area contributed by atoms with Gasteiger partial charge in [0.25, 0.3) is 5.91 Å². The molecule has 2 atom stereocenters. The number of carbonyl (C=O) groups is 1. The van der Waals surface area contributed by atoms with Crippen LogP contribution in [0.5, 0.6) is 0 Å². The summed E-state index contributed by atoms with van der Waals surface area (Å²) in [5.74, 6) is 0.317. The molecule has 6 heteroatoms. The van der Waals surface area contributed by atoms with Crippen molar-refractivity contribution in [2.75, 3.05) is 0 Å². The smallest absolute Gasteiger partial charge is 0.290 e. The molecule has 1 amide bonds. The predicted octanol–water partition coefficient (Wildman–Crippen LogP) is 3.23. The maximum Gasteiger partial charge on any atom is 0.290 e. The van der Waals surface area contributed by atoms with Crippen LogP contribution >= 0.6 is 0 Å². The highest BCUT2D eigenvalue weighted by molar-refractivity contribution is 5.91. The van der Waals surface area contributed by atoms with E-state index in [0.29, 0.717) is 6.54 Å². The first-order valence-electron chi connectivity index (χ1n) is 8.04. The lowest BCUT2D eigenvalue weighted by molar-refractivity contribution is 0.0855. The van der Waals surface area contributed by atoms with Gasteiger partial charge in [0.2, 0.25) is 5.76 Å². The van der Waals surface area contributed by atoms with Gasteiger partial charge in [0.15, 0.2) is 0 Å². The highest BCUT2D eigenvalue weighted by Crippen LogP contribution is 2.22. The van der Waals surface area contributed by atoms with E-state index in [9.17, 15) is 4.79 Å². The fourth-order valence-corrected chi connectivity index (χ4v) is 2.21. The number of imidazole rings is 1. The molecule has 2 rings (SSSR count). The lowest BCUT2D eigenvalue weighted by Gasteiger charge is -2.31. The van der Waals surface area contributed by atoms with Crippen LogP contribution in [0.25, 0.3) is 0 Å². The number of carbonyl (C=O) groups excluding carboxylic acids is 1. The SMILES string of the molecule is CC[C@H](C)c1cc(C(=O)N[C@@H](Cn2ccnc2)C(C)(C)C)on1. The third kappa shape index (κ3) is 4.43. The molecular weight excluding hydrogens is 292 g/mol. The van der Waals surface area contributed by atoms with Gasteiger partial charge in [-0.05, 0) is 11.8 Å². The van der Waals surface area contributed by atoms with Gasteiger partial charge in [0.1, 0.15) is 0 Å². The summed E-state index contributed by atoms with van der Waals surface area (Å²) in [6.45, 7) is 11.1. The van der Waals surface area contributed by atoms with Crippen molar-refractivity contribution in [3.8, 4) is 0 Å². The Hall–Kier alpha value is -2.11. The minimum absolute atomic E-state index is 0.0543. The molecule has 0 fully saturated rings. The maximum atomic E-state index is 12.5. The summed E-state index contributed by atoms with van der Waals surface area (Å²) in [5.41, 5.74) is 0.721. The Balaban J connectivity index is 2.09. The zero-order chi connectivity index (χ0) is 17.0. The Morgan fingerprint density at radius 2 is 2.17 bits per heavy atom.